The van der Waals surface area contributed by atoms with Gasteiger partial charge < -0.3 is 10.2 Å². The monoisotopic (exact) mass is 260 g/mol. The first-order valence-electron chi connectivity index (χ1n) is 5.77. The van der Waals surface area contributed by atoms with Crippen LogP contribution in [0, 0.1) is 0 Å². The van der Waals surface area contributed by atoms with Gasteiger partial charge in [-0.1, -0.05) is 0 Å². The van der Waals surface area contributed by atoms with Crippen molar-refractivity contribution in [2.45, 2.75) is 32.1 Å². The van der Waals surface area contributed by atoms with Crippen molar-refractivity contribution >= 4 is 5.82 Å². The molecule has 2 heterocycles. The van der Waals surface area contributed by atoms with E-state index in [1.165, 1.54) is 6.20 Å². The van der Waals surface area contributed by atoms with Crippen LogP contribution in [0.25, 0.3) is 0 Å². The second-order valence-corrected chi connectivity index (χ2v) is 4.57. The number of halogens is 3. The van der Waals surface area contributed by atoms with Gasteiger partial charge in [-0.3, -0.25) is 0 Å². The van der Waals surface area contributed by atoms with Gasteiger partial charge in [0.05, 0.1) is 12.4 Å². The Balaban J connectivity index is 2.18. The van der Waals surface area contributed by atoms with Crippen molar-refractivity contribution in [1.29, 1.82) is 0 Å². The third kappa shape index (κ3) is 2.72. The summed E-state index contributed by atoms with van der Waals surface area (Å²) in [4.78, 5) is 9.27. The van der Waals surface area contributed by atoms with E-state index in [0.717, 1.165) is 12.7 Å². The maximum absolute atomic E-state index is 12.4. The number of piperazine rings is 1. The summed E-state index contributed by atoms with van der Waals surface area (Å²) in [7, 11) is 0. The van der Waals surface area contributed by atoms with Crippen LogP contribution in [0.15, 0.2) is 12.4 Å². The molecule has 4 nitrogen and oxygen atoms in total. The van der Waals surface area contributed by atoms with E-state index in [1.54, 1.807) is 0 Å². The number of anilines is 1. The third-order valence-corrected chi connectivity index (χ3v) is 2.99. The van der Waals surface area contributed by atoms with Crippen LogP contribution in [0.2, 0.25) is 0 Å². The van der Waals surface area contributed by atoms with Gasteiger partial charge in [0.1, 0.15) is 5.82 Å². The molecule has 1 fully saturated rings. The first kappa shape index (κ1) is 13.1. The van der Waals surface area contributed by atoms with Crippen LogP contribution in [-0.4, -0.2) is 35.1 Å². The molecule has 18 heavy (non-hydrogen) atoms. The van der Waals surface area contributed by atoms with Crippen LogP contribution < -0.4 is 10.2 Å². The predicted octanol–water partition coefficient (Wildman–Crippen LogP) is 1.68. The fourth-order valence-electron chi connectivity index (χ4n) is 1.96. The van der Waals surface area contributed by atoms with Crippen LogP contribution >= 0.6 is 0 Å². The molecule has 0 aromatic carbocycles. The number of aromatic nitrogens is 2. The average molecular weight is 260 g/mol. The van der Waals surface area contributed by atoms with Crippen molar-refractivity contribution in [3.8, 4) is 0 Å². The molecule has 1 aliphatic heterocycles. The molecule has 0 aliphatic carbocycles. The maximum atomic E-state index is 12.4. The minimum Gasteiger partial charge on any atom is -0.350 e. The smallest absolute Gasteiger partial charge is 0.350 e. The Morgan fingerprint density at radius 1 is 1.28 bits per heavy atom. The zero-order chi connectivity index (χ0) is 13.3. The summed E-state index contributed by atoms with van der Waals surface area (Å²) in [5.74, 6) is 0.490. The number of rotatable bonds is 1. The van der Waals surface area contributed by atoms with Crippen molar-refractivity contribution in [2.24, 2.45) is 0 Å². The molecular formula is C11H15F3N4. The number of nitrogens with zero attached hydrogens (tertiary/aromatic N) is 3. The lowest BCUT2D eigenvalue weighted by Crippen LogP contribution is -2.54. The lowest BCUT2D eigenvalue weighted by atomic mass is 10.1. The van der Waals surface area contributed by atoms with Crippen LogP contribution in [0.3, 0.4) is 0 Å². The standard InChI is InChI=1S/C11H15F3N4/c1-7-6-18(8(2)3-15-7)10-5-16-9(4-17-10)11(12,13)14/h4-5,7-8,15H,3,6H2,1-2H3/t7-,8+/m1/s1. The fourth-order valence-corrected chi connectivity index (χ4v) is 1.96. The molecular weight excluding hydrogens is 245 g/mol. The summed E-state index contributed by atoms with van der Waals surface area (Å²) in [6.45, 7) is 5.51. The molecule has 0 saturated carbocycles. The molecule has 1 aromatic rings. The summed E-state index contributed by atoms with van der Waals surface area (Å²) < 4.78 is 37.1. The summed E-state index contributed by atoms with van der Waals surface area (Å²) in [5, 5.41) is 3.30. The van der Waals surface area contributed by atoms with Gasteiger partial charge in [-0.05, 0) is 13.8 Å². The Hall–Kier alpha value is -1.37. The minimum atomic E-state index is -4.44. The van der Waals surface area contributed by atoms with Gasteiger partial charge in [-0.25, -0.2) is 9.97 Å². The van der Waals surface area contributed by atoms with E-state index in [-0.39, 0.29) is 12.1 Å². The molecule has 1 saturated heterocycles. The van der Waals surface area contributed by atoms with E-state index in [1.807, 2.05) is 18.7 Å². The fraction of sp³-hybridized carbons (Fsp3) is 0.636. The van der Waals surface area contributed by atoms with Gasteiger partial charge in [0.15, 0.2) is 5.69 Å². The maximum Gasteiger partial charge on any atom is 0.434 e. The predicted molar refractivity (Wildman–Crippen MR) is 61.3 cm³/mol. The molecule has 7 heteroatoms. The molecule has 0 amide bonds. The molecule has 2 atom stereocenters. The Morgan fingerprint density at radius 3 is 2.56 bits per heavy atom. The SMILES string of the molecule is C[C@@H]1CN(c2cnc(C(F)(F)F)cn2)[C@@H](C)CN1. The molecule has 0 radical (unpaired) electrons. The molecule has 1 aliphatic rings. The van der Waals surface area contributed by atoms with Crippen LogP contribution in [-0.2, 0) is 6.18 Å². The van der Waals surface area contributed by atoms with Gasteiger partial charge in [-0.15, -0.1) is 0 Å². The average Bonchev–Trinajstić information content (AvgIpc) is 2.31. The van der Waals surface area contributed by atoms with E-state index in [2.05, 4.69) is 15.3 Å². The summed E-state index contributed by atoms with van der Waals surface area (Å²) in [6, 6.07) is 0.470. The van der Waals surface area contributed by atoms with Gasteiger partial charge >= 0.3 is 6.18 Å². The van der Waals surface area contributed by atoms with E-state index in [9.17, 15) is 13.2 Å². The lowest BCUT2D eigenvalue weighted by Gasteiger charge is -2.38. The first-order chi connectivity index (χ1) is 8.38. The van der Waals surface area contributed by atoms with Gasteiger partial charge in [-0.2, -0.15) is 13.2 Å². The highest BCUT2D eigenvalue weighted by molar-refractivity contribution is 5.38. The highest BCUT2D eigenvalue weighted by Gasteiger charge is 2.33. The summed E-state index contributed by atoms with van der Waals surface area (Å²) in [6.07, 6.45) is -2.46. The Kier molecular flexibility index (Phi) is 3.43. The van der Waals surface area contributed by atoms with Gasteiger partial charge in [0, 0.05) is 25.2 Å². The highest BCUT2D eigenvalue weighted by atomic mass is 19.4. The second-order valence-electron chi connectivity index (χ2n) is 4.57. The van der Waals surface area contributed by atoms with Crippen LogP contribution in [0.1, 0.15) is 19.5 Å². The number of hydrogen-bond acceptors (Lipinski definition) is 4. The van der Waals surface area contributed by atoms with Gasteiger partial charge in [0.25, 0.3) is 0 Å². The topological polar surface area (TPSA) is 41.1 Å². The lowest BCUT2D eigenvalue weighted by molar-refractivity contribution is -0.141. The normalized spacial score (nSPS) is 25.3. The molecule has 1 N–H and O–H groups in total. The zero-order valence-corrected chi connectivity index (χ0v) is 10.2. The van der Waals surface area contributed by atoms with E-state index in [4.69, 9.17) is 0 Å². The number of nitrogens with one attached hydrogen (secondary N) is 1. The van der Waals surface area contributed by atoms with Crippen molar-refractivity contribution in [3.05, 3.63) is 18.1 Å². The van der Waals surface area contributed by atoms with E-state index in [0.29, 0.717) is 12.4 Å². The van der Waals surface area contributed by atoms with Crippen molar-refractivity contribution in [1.82, 2.24) is 15.3 Å². The molecule has 0 unspecified atom stereocenters. The minimum absolute atomic E-state index is 0.187. The molecule has 2 rings (SSSR count). The summed E-state index contributed by atoms with van der Waals surface area (Å²) in [5.41, 5.74) is -0.956. The summed E-state index contributed by atoms with van der Waals surface area (Å²) >= 11 is 0. The zero-order valence-electron chi connectivity index (χ0n) is 10.2. The Morgan fingerprint density at radius 2 is 2.00 bits per heavy atom. The van der Waals surface area contributed by atoms with Crippen molar-refractivity contribution in [2.75, 3.05) is 18.0 Å². The largest absolute Gasteiger partial charge is 0.434 e. The number of alkyl halides is 3. The molecule has 0 bridgehead atoms. The van der Waals surface area contributed by atoms with E-state index < -0.39 is 11.9 Å². The second kappa shape index (κ2) is 4.72. The molecule has 100 valence electrons. The first-order valence-corrected chi connectivity index (χ1v) is 5.77. The quantitative estimate of drug-likeness (QED) is 0.834. The van der Waals surface area contributed by atoms with Crippen LogP contribution in [0.4, 0.5) is 19.0 Å². The highest BCUT2D eigenvalue weighted by Crippen LogP contribution is 2.27. The van der Waals surface area contributed by atoms with Crippen molar-refractivity contribution < 1.29 is 13.2 Å². The number of hydrogen-bond donors (Lipinski definition) is 1. The third-order valence-electron chi connectivity index (χ3n) is 2.99. The molecule has 0 spiro atoms. The van der Waals surface area contributed by atoms with Crippen molar-refractivity contribution in [3.63, 3.8) is 0 Å². The molecule has 1 aromatic heterocycles. The Bertz CT molecular complexity index is 404. The van der Waals surface area contributed by atoms with Crippen LogP contribution in [0.5, 0.6) is 0 Å². The Labute approximate surface area is 103 Å². The van der Waals surface area contributed by atoms with E-state index >= 15 is 0 Å². The van der Waals surface area contributed by atoms with Gasteiger partial charge in [0.2, 0.25) is 0 Å².